The molecule has 0 atom stereocenters. The fourth-order valence-electron chi connectivity index (χ4n) is 1.03. The highest BCUT2D eigenvalue weighted by Crippen LogP contribution is 2.15. The van der Waals surface area contributed by atoms with Crippen LogP contribution < -0.4 is 5.14 Å². The monoisotopic (exact) mass is 225 g/mol. The summed E-state index contributed by atoms with van der Waals surface area (Å²) in [6, 6.07) is 2.83. The first kappa shape index (κ1) is 9.81. The van der Waals surface area contributed by atoms with Crippen molar-refractivity contribution in [1.82, 2.24) is 9.97 Å². The van der Waals surface area contributed by atoms with Crippen molar-refractivity contribution in [3.8, 4) is 11.6 Å². The SMILES string of the molecule is NS(=O)(=O)c1ccc(-c2ncco2)nc1. The lowest BCUT2D eigenvalue weighted by molar-refractivity contribution is 0.571. The summed E-state index contributed by atoms with van der Waals surface area (Å²) in [4.78, 5) is 7.70. The zero-order valence-electron chi connectivity index (χ0n) is 7.49. The molecule has 0 saturated carbocycles. The van der Waals surface area contributed by atoms with Gasteiger partial charge in [-0.05, 0) is 12.1 Å². The van der Waals surface area contributed by atoms with Gasteiger partial charge in [0.05, 0.1) is 6.20 Å². The number of aromatic nitrogens is 2. The maximum atomic E-state index is 10.9. The molecule has 0 radical (unpaired) electrons. The number of hydrogen-bond donors (Lipinski definition) is 1. The van der Waals surface area contributed by atoms with Crippen LogP contribution in [0, 0.1) is 0 Å². The molecule has 0 aromatic carbocycles. The van der Waals surface area contributed by atoms with Crippen molar-refractivity contribution in [2.75, 3.05) is 0 Å². The second-order valence-corrected chi connectivity index (χ2v) is 4.32. The maximum Gasteiger partial charge on any atom is 0.244 e. The van der Waals surface area contributed by atoms with Gasteiger partial charge in [-0.25, -0.2) is 23.5 Å². The van der Waals surface area contributed by atoms with Crippen LogP contribution in [0.5, 0.6) is 0 Å². The molecule has 0 aliphatic heterocycles. The predicted octanol–water partition coefficient (Wildman–Crippen LogP) is 0.384. The average Bonchev–Trinajstić information content (AvgIpc) is 2.69. The number of oxazole rings is 1. The molecule has 6 nitrogen and oxygen atoms in total. The van der Waals surface area contributed by atoms with Crippen LogP contribution in [0.15, 0.2) is 40.1 Å². The minimum Gasteiger partial charge on any atom is -0.443 e. The molecule has 2 heterocycles. The Bertz CT molecular complexity index is 545. The Morgan fingerprint density at radius 1 is 1.27 bits per heavy atom. The van der Waals surface area contributed by atoms with E-state index in [9.17, 15) is 8.42 Å². The van der Waals surface area contributed by atoms with Gasteiger partial charge < -0.3 is 4.42 Å². The fourth-order valence-corrected chi connectivity index (χ4v) is 1.48. The van der Waals surface area contributed by atoms with E-state index in [1.807, 2.05) is 0 Å². The maximum absolute atomic E-state index is 10.9. The average molecular weight is 225 g/mol. The van der Waals surface area contributed by atoms with Crippen molar-refractivity contribution in [2.24, 2.45) is 5.14 Å². The highest BCUT2D eigenvalue weighted by molar-refractivity contribution is 7.89. The Kier molecular flexibility index (Phi) is 2.25. The summed E-state index contributed by atoms with van der Waals surface area (Å²) >= 11 is 0. The molecular formula is C8H7N3O3S. The standard InChI is InChI=1S/C8H7N3O3S/c9-15(12,13)6-1-2-7(11-5-6)8-10-3-4-14-8/h1-5H,(H2,9,12,13). The minimum atomic E-state index is -3.70. The Morgan fingerprint density at radius 2 is 2.07 bits per heavy atom. The lowest BCUT2D eigenvalue weighted by Crippen LogP contribution is -2.12. The molecule has 78 valence electrons. The number of pyridine rings is 1. The normalized spacial score (nSPS) is 11.5. The third-order valence-electron chi connectivity index (χ3n) is 1.72. The molecule has 0 fully saturated rings. The van der Waals surface area contributed by atoms with Crippen LogP contribution in [0.2, 0.25) is 0 Å². The van der Waals surface area contributed by atoms with Crippen molar-refractivity contribution in [2.45, 2.75) is 4.90 Å². The molecule has 0 amide bonds. The van der Waals surface area contributed by atoms with E-state index in [1.54, 1.807) is 0 Å². The topological polar surface area (TPSA) is 99.1 Å². The third kappa shape index (κ3) is 2.03. The molecule has 2 aromatic heterocycles. The van der Waals surface area contributed by atoms with Gasteiger partial charge in [-0.2, -0.15) is 0 Å². The van der Waals surface area contributed by atoms with E-state index in [1.165, 1.54) is 24.6 Å². The molecule has 0 bridgehead atoms. The highest BCUT2D eigenvalue weighted by Gasteiger charge is 2.09. The lowest BCUT2D eigenvalue weighted by atomic mass is 10.3. The summed E-state index contributed by atoms with van der Waals surface area (Å²) in [5.74, 6) is 0.330. The smallest absolute Gasteiger partial charge is 0.244 e. The predicted molar refractivity (Wildman–Crippen MR) is 51.1 cm³/mol. The molecule has 2 rings (SSSR count). The first-order valence-electron chi connectivity index (χ1n) is 3.96. The van der Waals surface area contributed by atoms with Crippen LogP contribution in [0.4, 0.5) is 0 Å². The third-order valence-corrected chi connectivity index (χ3v) is 2.61. The number of rotatable bonds is 2. The van der Waals surface area contributed by atoms with Crippen molar-refractivity contribution in [3.05, 3.63) is 30.8 Å². The molecule has 15 heavy (non-hydrogen) atoms. The molecule has 0 aliphatic rings. The summed E-state index contributed by atoms with van der Waals surface area (Å²) in [5, 5.41) is 4.92. The lowest BCUT2D eigenvalue weighted by Gasteiger charge is -1.97. The summed E-state index contributed by atoms with van der Waals surface area (Å²) in [6.07, 6.45) is 4.05. The van der Waals surface area contributed by atoms with Crippen molar-refractivity contribution in [3.63, 3.8) is 0 Å². The van der Waals surface area contributed by atoms with Crippen LogP contribution in [-0.4, -0.2) is 18.4 Å². The Hall–Kier alpha value is -1.73. The van der Waals surface area contributed by atoms with Gasteiger partial charge in [0, 0.05) is 6.20 Å². The molecule has 0 aliphatic carbocycles. The molecule has 0 spiro atoms. The molecular weight excluding hydrogens is 218 g/mol. The molecule has 0 unspecified atom stereocenters. The first-order valence-corrected chi connectivity index (χ1v) is 5.51. The van der Waals surface area contributed by atoms with Gasteiger partial charge in [-0.3, -0.25) is 0 Å². The van der Waals surface area contributed by atoms with Gasteiger partial charge in [-0.15, -0.1) is 0 Å². The van der Waals surface area contributed by atoms with E-state index >= 15 is 0 Å². The second kappa shape index (κ2) is 3.44. The molecule has 2 aromatic rings. The Balaban J connectivity index is 2.42. The van der Waals surface area contributed by atoms with Crippen LogP contribution in [0.1, 0.15) is 0 Å². The van der Waals surface area contributed by atoms with Crippen molar-refractivity contribution < 1.29 is 12.8 Å². The Morgan fingerprint density at radius 3 is 2.53 bits per heavy atom. The van der Waals surface area contributed by atoms with Gasteiger partial charge in [0.1, 0.15) is 16.9 Å². The minimum absolute atomic E-state index is 0.0437. The number of nitrogens with zero attached hydrogens (tertiary/aromatic N) is 2. The van der Waals surface area contributed by atoms with Gasteiger partial charge in [-0.1, -0.05) is 0 Å². The zero-order valence-corrected chi connectivity index (χ0v) is 8.31. The fraction of sp³-hybridized carbons (Fsp3) is 0. The second-order valence-electron chi connectivity index (χ2n) is 2.76. The summed E-state index contributed by atoms with van der Waals surface area (Å²) < 4.78 is 26.8. The van der Waals surface area contributed by atoms with Gasteiger partial charge in [0.15, 0.2) is 0 Å². The van der Waals surface area contributed by atoms with E-state index in [2.05, 4.69) is 9.97 Å². The number of hydrogen-bond acceptors (Lipinski definition) is 5. The molecule has 0 saturated heterocycles. The van der Waals surface area contributed by atoms with E-state index < -0.39 is 10.0 Å². The highest BCUT2D eigenvalue weighted by atomic mass is 32.2. The van der Waals surface area contributed by atoms with Crippen LogP contribution in [0.25, 0.3) is 11.6 Å². The molecule has 7 heteroatoms. The van der Waals surface area contributed by atoms with E-state index in [-0.39, 0.29) is 4.90 Å². The quantitative estimate of drug-likeness (QED) is 0.796. The van der Waals surface area contributed by atoms with Crippen LogP contribution in [0.3, 0.4) is 0 Å². The van der Waals surface area contributed by atoms with Gasteiger partial charge in [0.25, 0.3) is 0 Å². The van der Waals surface area contributed by atoms with Gasteiger partial charge >= 0.3 is 0 Å². The molecule has 2 N–H and O–H groups in total. The van der Waals surface area contributed by atoms with Crippen LogP contribution >= 0.6 is 0 Å². The van der Waals surface area contributed by atoms with Gasteiger partial charge in [0.2, 0.25) is 15.9 Å². The number of nitrogens with two attached hydrogens (primary N) is 1. The summed E-state index contributed by atoms with van der Waals surface area (Å²) in [7, 11) is -3.70. The van der Waals surface area contributed by atoms with Crippen molar-refractivity contribution >= 4 is 10.0 Å². The summed E-state index contributed by atoms with van der Waals surface area (Å²) in [5.41, 5.74) is 0.451. The van der Waals surface area contributed by atoms with E-state index in [0.29, 0.717) is 11.6 Å². The Labute approximate surface area is 85.8 Å². The number of primary sulfonamides is 1. The van der Waals surface area contributed by atoms with E-state index in [4.69, 9.17) is 9.56 Å². The van der Waals surface area contributed by atoms with E-state index in [0.717, 1.165) is 6.20 Å². The zero-order chi connectivity index (χ0) is 10.9. The van der Waals surface area contributed by atoms with Crippen molar-refractivity contribution in [1.29, 1.82) is 0 Å². The largest absolute Gasteiger partial charge is 0.443 e. The number of sulfonamides is 1. The van der Waals surface area contributed by atoms with Crippen LogP contribution in [-0.2, 0) is 10.0 Å². The summed E-state index contributed by atoms with van der Waals surface area (Å²) in [6.45, 7) is 0. The first-order chi connectivity index (χ1) is 7.07.